The maximum atomic E-state index is 3.68. The average molecular weight is 247 g/mol. The zero-order valence-electron chi connectivity index (χ0n) is 12.9. The third kappa shape index (κ3) is 3.84. The Labute approximate surface area is 113 Å². The van der Waals surface area contributed by atoms with Gasteiger partial charge in [-0.3, -0.25) is 0 Å². The fourth-order valence-corrected chi connectivity index (χ4v) is 2.42. The summed E-state index contributed by atoms with van der Waals surface area (Å²) in [5.41, 5.74) is 3.28. The van der Waals surface area contributed by atoms with E-state index in [0.717, 1.165) is 6.54 Å². The van der Waals surface area contributed by atoms with E-state index in [4.69, 9.17) is 0 Å². The van der Waals surface area contributed by atoms with Crippen molar-refractivity contribution in [3.8, 4) is 0 Å². The highest BCUT2D eigenvalue weighted by molar-refractivity contribution is 5.30. The van der Waals surface area contributed by atoms with Crippen molar-refractivity contribution in [2.75, 3.05) is 6.54 Å². The molecule has 18 heavy (non-hydrogen) atoms. The summed E-state index contributed by atoms with van der Waals surface area (Å²) in [5, 5.41) is 3.68. The van der Waals surface area contributed by atoms with E-state index in [1.54, 1.807) is 0 Å². The minimum Gasteiger partial charge on any atom is -0.311 e. The first kappa shape index (κ1) is 15.2. The molecule has 0 fully saturated rings. The Morgan fingerprint density at radius 3 is 2.11 bits per heavy atom. The number of hydrogen-bond acceptors (Lipinski definition) is 1. The molecule has 0 saturated heterocycles. The molecular weight excluding hydrogens is 218 g/mol. The quantitative estimate of drug-likeness (QED) is 0.811. The smallest absolute Gasteiger partial charge is 0.00968 e. The summed E-state index contributed by atoms with van der Waals surface area (Å²) < 4.78 is 0. The van der Waals surface area contributed by atoms with Gasteiger partial charge in [-0.25, -0.2) is 0 Å². The first-order valence-electron chi connectivity index (χ1n) is 7.15. The van der Waals surface area contributed by atoms with Gasteiger partial charge in [-0.2, -0.15) is 0 Å². The van der Waals surface area contributed by atoms with Crippen molar-refractivity contribution in [2.45, 2.75) is 65.3 Å². The molecule has 0 spiro atoms. The van der Waals surface area contributed by atoms with Gasteiger partial charge in [-0.15, -0.1) is 0 Å². The molecule has 0 amide bonds. The molecule has 102 valence electrons. The van der Waals surface area contributed by atoms with Gasteiger partial charge in [0.2, 0.25) is 0 Å². The highest BCUT2D eigenvalue weighted by Crippen LogP contribution is 2.32. The minimum atomic E-state index is 0.180. The predicted molar refractivity (Wildman–Crippen MR) is 81.2 cm³/mol. The molecule has 0 atom stereocenters. The highest BCUT2D eigenvalue weighted by Gasteiger charge is 2.29. The van der Waals surface area contributed by atoms with E-state index in [1.807, 2.05) is 0 Å². The van der Waals surface area contributed by atoms with Crippen LogP contribution in [-0.4, -0.2) is 12.1 Å². The van der Waals surface area contributed by atoms with E-state index < -0.39 is 0 Å². The molecule has 0 heterocycles. The van der Waals surface area contributed by atoms with Crippen LogP contribution in [0.3, 0.4) is 0 Å². The van der Waals surface area contributed by atoms with Crippen molar-refractivity contribution < 1.29 is 0 Å². The lowest BCUT2D eigenvalue weighted by atomic mass is 9.75. The van der Waals surface area contributed by atoms with Gasteiger partial charge in [0.05, 0.1) is 0 Å². The van der Waals surface area contributed by atoms with Gasteiger partial charge in [0.1, 0.15) is 0 Å². The van der Waals surface area contributed by atoms with Gasteiger partial charge in [-0.1, -0.05) is 43.7 Å². The topological polar surface area (TPSA) is 12.0 Å². The summed E-state index contributed by atoms with van der Waals surface area (Å²) >= 11 is 0. The van der Waals surface area contributed by atoms with E-state index in [0.29, 0.717) is 0 Å². The van der Waals surface area contributed by atoms with Gasteiger partial charge >= 0.3 is 0 Å². The maximum absolute atomic E-state index is 3.68. The fourth-order valence-electron chi connectivity index (χ4n) is 2.42. The largest absolute Gasteiger partial charge is 0.311 e. The summed E-state index contributed by atoms with van der Waals surface area (Å²) in [6, 6.07) is 8.99. The predicted octanol–water partition coefficient (Wildman–Crippen LogP) is 4.44. The summed E-state index contributed by atoms with van der Waals surface area (Å²) in [7, 11) is 0. The van der Waals surface area contributed by atoms with Gasteiger partial charge in [-0.05, 0) is 46.1 Å². The van der Waals surface area contributed by atoms with Gasteiger partial charge < -0.3 is 5.32 Å². The zero-order chi connectivity index (χ0) is 13.8. The van der Waals surface area contributed by atoms with Crippen LogP contribution in [-0.2, 0) is 5.41 Å². The standard InChI is InChI=1S/C17H29N/c1-7-17(8-2,13-18-16(4,5)6)15-11-9-10-14(3)12-15/h9-12,18H,7-8,13H2,1-6H3. The minimum absolute atomic E-state index is 0.180. The number of benzene rings is 1. The Bertz CT molecular complexity index is 369. The Hall–Kier alpha value is -0.820. The summed E-state index contributed by atoms with van der Waals surface area (Å²) in [5.74, 6) is 0. The molecule has 0 aliphatic heterocycles. The second kappa shape index (κ2) is 5.88. The number of nitrogens with one attached hydrogen (secondary N) is 1. The van der Waals surface area contributed by atoms with E-state index in [-0.39, 0.29) is 11.0 Å². The first-order chi connectivity index (χ1) is 8.33. The molecule has 0 saturated carbocycles. The van der Waals surface area contributed by atoms with Crippen molar-refractivity contribution in [3.05, 3.63) is 35.4 Å². The van der Waals surface area contributed by atoms with Gasteiger partial charge in [0, 0.05) is 17.5 Å². The molecule has 1 aromatic carbocycles. The van der Waals surface area contributed by atoms with Crippen molar-refractivity contribution >= 4 is 0 Å². The van der Waals surface area contributed by atoms with Crippen LogP contribution in [0.15, 0.2) is 24.3 Å². The Morgan fingerprint density at radius 2 is 1.67 bits per heavy atom. The number of hydrogen-bond donors (Lipinski definition) is 1. The number of aryl methyl sites for hydroxylation is 1. The van der Waals surface area contributed by atoms with Crippen LogP contribution in [0.1, 0.15) is 58.6 Å². The second-order valence-electron chi connectivity index (χ2n) is 6.46. The molecular formula is C17H29N. The van der Waals surface area contributed by atoms with Crippen LogP contribution in [0, 0.1) is 6.92 Å². The third-order valence-corrected chi connectivity index (χ3v) is 3.94. The second-order valence-corrected chi connectivity index (χ2v) is 6.46. The molecule has 0 aromatic heterocycles. The fraction of sp³-hybridized carbons (Fsp3) is 0.647. The summed E-state index contributed by atoms with van der Waals surface area (Å²) in [6.07, 6.45) is 2.35. The highest BCUT2D eigenvalue weighted by atomic mass is 15.0. The van der Waals surface area contributed by atoms with Crippen molar-refractivity contribution in [2.24, 2.45) is 0 Å². The van der Waals surface area contributed by atoms with Crippen LogP contribution in [0.4, 0.5) is 0 Å². The molecule has 1 aromatic rings. The van der Waals surface area contributed by atoms with Crippen LogP contribution < -0.4 is 5.32 Å². The van der Waals surface area contributed by atoms with Crippen molar-refractivity contribution in [3.63, 3.8) is 0 Å². The van der Waals surface area contributed by atoms with Crippen molar-refractivity contribution in [1.82, 2.24) is 5.32 Å². The zero-order valence-corrected chi connectivity index (χ0v) is 12.9. The summed E-state index contributed by atoms with van der Waals surface area (Å²) in [4.78, 5) is 0. The molecule has 0 bridgehead atoms. The lowest BCUT2D eigenvalue weighted by Gasteiger charge is -2.36. The van der Waals surface area contributed by atoms with Crippen LogP contribution in [0.2, 0.25) is 0 Å². The molecule has 1 rings (SSSR count). The Morgan fingerprint density at radius 1 is 1.06 bits per heavy atom. The van der Waals surface area contributed by atoms with Crippen LogP contribution in [0.25, 0.3) is 0 Å². The average Bonchev–Trinajstić information content (AvgIpc) is 2.30. The molecule has 0 radical (unpaired) electrons. The number of rotatable bonds is 5. The molecule has 0 unspecified atom stereocenters. The Kier molecular flexibility index (Phi) is 4.98. The van der Waals surface area contributed by atoms with E-state index >= 15 is 0 Å². The van der Waals surface area contributed by atoms with Gasteiger partial charge in [0.15, 0.2) is 0 Å². The van der Waals surface area contributed by atoms with Crippen LogP contribution in [0.5, 0.6) is 0 Å². The third-order valence-electron chi connectivity index (χ3n) is 3.94. The molecule has 0 aliphatic rings. The molecule has 1 heteroatoms. The normalized spacial score (nSPS) is 12.8. The van der Waals surface area contributed by atoms with E-state index in [1.165, 1.54) is 24.0 Å². The van der Waals surface area contributed by atoms with E-state index in [9.17, 15) is 0 Å². The first-order valence-corrected chi connectivity index (χ1v) is 7.15. The van der Waals surface area contributed by atoms with Crippen LogP contribution >= 0.6 is 0 Å². The SMILES string of the molecule is CCC(CC)(CNC(C)(C)C)c1cccc(C)c1. The Balaban J connectivity index is 2.99. The summed E-state index contributed by atoms with van der Waals surface area (Å²) in [6.45, 7) is 14.5. The van der Waals surface area contributed by atoms with Gasteiger partial charge in [0.25, 0.3) is 0 Å². The lowest BCUT2D eigenvalue weighted by Crippen LogP contribution is -2.45. The monoisotopic (exact) mass is 247 g/mol. The lowest BCUT2D eigenvalue weighted by molar-refractivity contribution is 0.312. The molecule has 1 nitrogen and oxygen atoms in total. The van der Waals surface area contributed by atoms with E-state index in [2.05, 4.69) is 71.1 Å². The molecule has 0 aliphatic carbocycles. The maximum Gasteiger partial charge on any atom is 0.00968 e. The molecule has 1 N–H and O–H groups in total. The van der Waals surface area contributed by atoms with Crippen molar-refractivity contribution in [1.29, 1.82) is 0 Å².